The molecule has 0 unspecified atom stereocenters. The van der Waals surface area contributed by atoms with Crippen molar-refractivity contribution in [1.29, 1.82) is 0 Å². The highest BCUT2D eigenvalue weighted by Crippen LogP contribution is 2.17. The summed E-state index contributed by atoms with van der Waals surface area (Å²) in [7, 11) is 0. The number of para-hydroxylation sites is 1. The van der Waals surface area contributed by atoms with Crippen LogP contribution in [0, 0.1) is 12.7 Å². The Hall–Kier alpha value is -2.89. The van der Waals surface area contributed by atoms with Gasteiger partial charge in [0.25, 0.3) is 11.8 Å². The number of carbonyl (C=O) groups is 2. The Balaban J connectivity index is 1.65. The maximum absolute atomic E-state index is 13.7. The van der Waals surface area contributed by atoms with Crippen molar-refractivity contribution in [3.8, 4) is 0 Å². The molecule has 3 rings (SSSR count). The summed E-state index contributed by atoms with van der Waals surface area (Å²) in [5.74, 6) is -0.740. The van der Waals surface area contributed by atoms with Crippen LogP contribution in [0.3, 0.4) is 0 Å². The SMILES string of the molecule is Cc1ccc(C(=O)N2CCN(C(=O)c3ccccc3N)CC2)cc1F. The molecule has 0 spiro atoms. The summed E-state index contributed by atoms with van der Waals surface area (Å²) in [4.78, 5) is 28.4. The lowest BCUT2D eigenvalue weighted by Gasteiger charge is -2.35. The van der Waals surface area contributed by atoms with Gasteiger partial charge in [-0.15, -0.1) is 0 Å². The standard InChI is InChI=1S/C19H20FN3O2/c1-13-6-7-14(12-16(13)20)18(24)22-8-10-23(11-9-22)19(25)15-4-2-3-5-17(15)21/h2-7,12H,8-11,21H2,1H3. The molecule has 2 amide bonds. The number of halogens is 1. The molecular formula is C19H20FN3O2. The second kappa shape index (κ2) is 6.93. The van der Waals surface area contributed by atoms with Gasteiger partial charge in [0.1, 0.15) is 5.82 Å². The Morgan fingerprint density at radius 3 is 2.16 bits per heavy atom. The van der Waals surface area contributed by atoms with Gasteiger partial charge in [-0.3, -0.25) is 9.59 Å². The first-order chi connectivity index (χ1) is 12.0. The Morgan fingerprint density at radius 1 is 0.960 bits per heavy atom. The zero-order valence-corrected chi connectivity index (χ0v) is 14.0. The number of nitrogens with zero attached hydrogens (tertiary/aromatic N) is 2. The summed E-state index contributed by atoms with van der Waals surface area (Å²) in [6.07, 6.45) is 0. The van der Waals surface area contributed by atoms with Gasteiger partial charge in [0.15, 0.2) is 0 Å². The molecule has 1 aliphatic rings. The van der Waals surface area contributed by atoms with E-state index in [-0.39, 0.29) is 17.6 Å². The van der Waals surface area contributed by atoms with Crippen LogP contribution in [-0.4, -0.2) is 47.8 Å². The number of hydrogen-bond acceptors (Lipinski definition) is 3. The van der Waals surface area contributed by atoms with E-state index in [4.69, 9.17) is 5.73 Å². The molecule has 0 bridgehead atoms. The molecule has 6 heteroatoms. The van der Waals surface area contributed by atoms with Crippen molar-refractivity contribution < 1.29 is 14.0 Å². The van der Waals surface area contributed by atoms with Crippen LogP contribution in [0.5, 0.6) is 0 Å². The van der Waals surface area contributed by atoms with Gasteiger partial charge in [0.05, 0.1) is 5.56 Å². The highest BCUT2D eigenvalue weighted by Gasteiger charge is 2.26. The molecule has 0 aromatic heterocycles. The van der Waals surface area contributed by atoms with Crippen molar-refractivity contribution >= 4 is 17.5 Å². The third kappa shape index (κ3) is 3.47. The minimum Gasteiger partial charge on any atom is -0.398 e. The number of piperazine rings is 1. The Bertz CT molecular complexity index is 814. The smallest absolute Gasteiger partial charge is 0.256 e. The van der Waals surface area contributed by atoms with Crippen LogP contribution in [0.15, 0.2) is 42.5 Å². The van der Waals surface area contributed by atoms with E-state index in [1.807, 2.05) is 0 Å². The third-order valence-electron chi connectivity index (χ3n) is 4.46. The Kier molecular flexibility index (Phi) is 4.70. The molecule has 5 nitrogen and oxygen atoms in total. The maximum Gasteiger partial charge on any atom is 0.256 e. The number of nitrogens with two attached hydrogens (primary N) is 1. The van der Waals surface area contributed by atoms with Crippen LogP contribution in [-0.2, 0) is 0 Å². The van der Waals surface area contributed by atoms with Gasteiger partial charge in [0.2, 0.25) is 0 Å². The Labute approximate surface area is 145 Å². The van der Waals surface area contributed by atoms with Crippen LogP contribution < -0.4 is 5.73 Å². The zero-order chi connectivity index (χ0) is 18.0. The van der Waals surface area contributed by atoms with E-state index in [9.17, 15) is 14.0 Å². The molecule has 130 valence electrons. The first-order valence-electron chi connectivity index (χ1n) is 8.16. The van der Waals surface area contributed by atoms with E-state index in [1.54, 1.807) is 53.1 Å². The Morgan fingerprint density at radius 2 is 1.56 bits per heavy atom. The molecule has 0 atom stereocenters. The van der Waals surface area contributed by atoms with Gasteiger partial charge in [-0.2, -0.15) is 0 Å². The highest BCUT2D eigenvalue weighted by atomic mass is 19.1. The molecular weight excluding hydrogens is 321 g/mol. The van der Waals surface area contributed by atoms with Gasteiger partial charge in [0, 0.05) is 37.4 Å². The molecule has 2 aromatic rings. The quantitative estimate of drug-likeness (QED) is 0.853. The lowest BCUT2D eigenvalue weighted by atomic mass is 10.1. The number of hydrogen-bond donors (Lipinski definition) is 1. The van der Waals surface area contributed by atoms with Crippen LogP contribution in [0.1, 0.15) is 26.3 Å². The van der Waals surface area contributed by atoms with E-state index in [0.29, 0.717) is 48.6 Å². The minimum atomic E-state index is -0.390. The van der Waals surface area contributed by atoms with Crippen LogP contribution in [0.25, 0.3) is 0 Å². The molecule has 0 aliphatic carbocycles. The summed E-state index contributed by atoms with van der Waals surface area (Å²) in [5.41, 5.74) is 7.61. The lowest BCUT2D eigenvalue weighted by Crippen LogP contribution is -2.50. The summed E-state index contributed by atoms with van der Waals surface area (Å²) in [5, 5.41) is 0. The van der Waals surface area contributed by atoms with E-state index in [0.717, 1.165) is 0 Å². The summed E-state index contributed by atoms with van der Waals surface area (Å²) in [6.45, 7) is 3.32. The van der Waals surface area contributed by atoms with Gasteiger partial charge in [-0.05, 0) is 36.8 Å². The molecule has 1 heterocycles. The van der Waals surface area contributed by atoms with Crippen molar-refractivity contribution in [2.75, 3.05) is 31.9 Å². The molecule has 1 aliphatic heterocycles. The number of benzene rings is 2. The number of anilines is 1. The fourth-order valence-electron chi connectivity index (χ4n) is 2.88. The number of aryl methyl sites for hydroxylation is 1. The lowest BCUT2D eigenvalue weighted by molar-refractivity contribution is 0.0536. The van der Waals surface area contributed by atoms with Crippen molar-refractivity contribution in [3.63, 3.8) is 0 Å². The average molecular weight is 341 g/mol. The number of nitrogen functional groups attached to an aromatic ring is 1. The average Bonchev–Trinajstić information content (AvgIpc) is 2.63. The summed E-state index contributed by atoms with van der Waals surface area (Å²) in [6, 6.07) is 11.4. The fraction of sp³-hybridized carbons (Fsp3) is 0.263. The van der Waals surface area contributed by atoms with Crippen LogP contribution >= 0.6 is 0 Å². The van der Waals surface area contributed by atoms with Crippen molar-refractivity contribution in [2.24, 2.45) is 0 Å². The molecule has 1 saturated heterocycles. The topological polar surface area (TPSA) is 66.6 Å². The largest absolute Gasteiger partial charge is 0.398 e. The van der Waals surface area contributed by atoms with E-state index < -0.39 is 0 Å². The predicted octanol–water partition coefficient (Wildman–Crippen LogP) is 2.31. The summed E-state index contributed by atoms with van der Waals surface area (Å²) >= 11 is 0. The van der Waals surface area contributed by atoms with Crippen molar-refractivity contribution in [1.82, 2.24) is 9.80 Å². The highest BCUT2D eigenvalue weighted by molar-refractivity contribution is 5.99. The first-order valence-corrected chi connectivity index (χ1v) is 8.16. The van der Waals surface area contributed by atoms with Crippen LogP contribution in [0.4, 0.5) is 10.1 Å². The normalized spacial score (nSPS) is 14.5. The first kappa shape index (κ1) is 17.0. The van der Waals surface area contributed by atoms with Gasteiger partial charge >= 0.3 is 0 Å². The van der Waals surface area contributed by atoms with E-state index in [2.05, 4.69) is 0 Å². The number of rotatable bonds is 2. The van der Waals surface area contributed by atoms with E-state index in [1.165, 1.54) is 6.07 Å². The molecule has 0 radical (unpaired) electrons. The fourth-order valence-corrected chi connectivity index (χ4v) is 2.88. The maximum atomic E-state index is 13.7. The molecule has 2 N–H and O–H groups in total. The van der Waals surface area contributed by atoms with Crippen molar-refractivity contribution in [3.05, 3.63) is 65.0 Å². The van der Waals surface area contributed by atoms with Crippen LogP contribution in [0.2, 0.25) is 0 Å². The third-order valence-corrected chi connectivity index (χ3v) is 4.46. The van der Waals surface area contributed by atoms with Gasteiger partial charge in [-0.1, -0.05) is 18.2 Å². The zero-order valence-electron chi connectivity index (χ0n) is 14.0. The van der Waals surface area contributed by atoms with Crippen molar-refractivity contribution in [2.45, 2.75) is 6.92 Å². The number of amides is 2. The molecule has 1 fully saturated rings. The minimum absolute atomic E-state index is 0.133. The molecule has 2 aromatic carbocycles. The van der Waals surface area contributed by atoms with Gasteiger partial charge < -0.3 is 15.5 Å². The predicted molar refractivity (Wildman–Crippen MR) is 93.8 cm³/mol. The monoisotopic (exact) mass is 341 g/mol. The molecule has 25 heavy (non-hydrogen) atoms. The second-order valence-corrected chi connectivity index (χ2v) is 6.14. The van der Waals surface area contributed by atoms with E-state index >= 15 is 0 Å². The second-order valence-electron chi connectivity index (χ2n) is 6.14. The number of carbonyl (C=O) groups excluding carboxylic acids is 2. The summed E-state index contributed by atoms with van der Waals surface area (Å²) < 4.78 is 13.7. The van der Waals surface area contributed by atoms with Gasteiger partial charge in [-0.25, -0.2) is 4.39 Å². The molecule has 0 saturated carbocycles.